The highest BCUT2D eigenvalue weighted by Gasteiger charge is 2.49. The van der Waals surface area contributed by atoms with Gasteiger partial charge in [0.15, 0.2) is 17.2 Å². The highest BCUT2D eigenvalue weighted by Crippen LogP contribution is 2.50. The maximum Gasteiger partial charge on any atom is 0.341 e. The van der Waals surface area contributed by atoms with Crippen LogP contribution in [-0.2, 0) is 10.2 Å². The number of carboxylic acid groups (broad SMARTS) is 1. The molecule has 8 nitrogen and oxygen atoms in total. The molecule has 0 bridgehead atoms. The first-order chi connectivity index (χ1) is 17.1. The van der Waals surface area contributed by atoms with Crippen molar-refractivity contribution in [2.75, 3.05) is 7.11 Å². The lowest BCUT2D eigenvalue weighted by Gasteiger charge is -2.28. The van der Waals surface area contributed by atoms with Crippen molar-refractivity contribution in [1.29, 1.82) is 5.26 Å². The number of carbonyl (C=O) groups is 1. The number of aromatic amines is 1. The second-order valence-electron chi connectivity index (χ2n) is 10.0. The van der Waals surface area contributed by atoms with Crippen LogP contribution in [0.2, 0.25) is 0 Å². The lowest BCUT2D eigenvalue weighted by atomic mass is 9.80. The van der Waals surface area contributed by atoms with Crippen LogP contribution in [0.1, 0.15) is 56.7 Å². The summed E-state index contributed by atoms with van der Waals surface area (Å²) in [5.41, 5.74) is 0.681. The van der Waals surface area contributed by atoms with Crippen LogP contribution in [-0.4, -0.2) is 43.6 Å². The second kappa shape index (κ2) is 8.29. The van der Waals surface area contributed by atoms with Crippen molar-refractivity contribution in [2.24, 2.45) is 0 Å². The molecule has 0 radical (unpaired) electrons. The molecule has 0 spiro atoms. The smallest absolute Gasteiger partial charge is 0.341 e. The number of nitriles is 1. The third-order valence-corrected chi connectivity index (χ3v) is 7.19. The molecule has 36 heavy (non-hydrogen) atoms. The molecule has 5 rings (SSSR count). The Morgan fingerprint density at radius 3 is 2.86 bits per heavy atom. The van der Waals surface area contributed by atoms with Crippen LogP contribution in [0.25, 0.3) is 27.8 Å². The van der Waals surface area contributed by atoms with Crippen LogP contribution in [0.15, 0.2) is 30.5 Å². The molecule has 0 saturated heterocycles. The van der Waals surface area contributed by atoms with E-state index >= 15 is 4.39 Å². The summed E-state index contributed by atoms with van der Waals surface area (Å²) < 4.78 is 36.7. The first-order valence-corrected chi connectivity index (χ1v) is 11.6. The minimum absolute atomic E-state index is 0.0480. The van der Waals surface area contributed by atoms with Gasteiger partial charge in [0.1, 0.15) is 0 Å². The number of aliphatic carboxylic acids is 1. The number of methoxy groups -OCH3 is 1. The molecule has 3 aromatic heterocycles. The monoisotopic (exact) mass is 493 g/mol. The fourth-order valence-electron chi connectivity index (χ4n) is 5.42. The lowest BCUT2D eigenvalue weighted by Crippen LogP contribution is -2.30. The van der Waals surface area contributed by atoms with Gasteiger partial charge in [0.25, 0.3) is 0 Å². The number of nitrogens with one attached hydrogen (secondary N) is 1. The topological polar surface area (TPSA) is 117 Å². The normalized spacial score (nSPS) is 20.2. The number of hydrogen-bond donors (Lipinski definition) is 2. The number of benzene rings is 1. The van der Waals surface area contributed by atoms with E-state index in [2.05, 4.69) is 16.3 Å². The Kier molecular flexibility index (Phi) is 5.47. The fourth-order valence-corrected chi connectivity index (χ4v) is 5.42. The molecular formula is C26H25F2N5O3. The summed E-state index contributed by atoms with van der Waals surface area (Å²) in [5.74, 6) is -2.39. The van der Waals surface area contributed by atoms with E-state index in [-0.39, 0.29) is 25.0 Å². The number of nitrogens with zero attached hydrogens (tertiary/aromatic N) is 4. The Bertz CT molecular complexity index is 1550. The van der Waals surface area contributed by atoms with E-state index in [0.29, 0.717) is 40.0 Å². The van der Waals surface area contributed by atoms with Crippen LogP contribution < -0.4 is 4.74 Å². The number of aromatic nitrogens is 4. The van der Waals surface area contributed by atoms with Gasteiger partial charge in [0, 0.05) is 40.2 Å². The predicted octanol–water partition coefficient (Wildman–Crippen LogP) is 5.30. The number of H-pyrrole nitrogens is 1. The number of rotatable bonds is 6. The molecule has 3 heterocycles. The zero-order valence-corrected chi connectivity index (χ0v) is 20.1. The Morgan fingerprint density at radius 1 is 1.42 bits per heavy atom. The zero-order chi connectivity index (χ0) is 25.8. The van der Waals surface area contributed by atoms with Crippen LogP contribution in [0, 0.1) is 17.1 Å². The van der Waals surface area contributed by atoms with Crippen molar-refractivity contribution < 1.29 is 23.4 Å². The molecule has 10 heteroatoms. The molecule has 2 atom stereocenters. The van der Waals surface area contributed by atoms with Crippen molar-refractivity contribution >= 4 is 28.0 Å². The summed E-state index contributed by atoms with van der Waals surface area (Å²) in [6.07, 6.45) is 1.77. The minimum atomic E-state index is -2.34. The van der Waals surface area contributed by atoms with Gasteiger partial charge in [-0.3, -0.25) is 5.10 Å². The first kappa shape index (κ1) is 23.7. The van der Waals surface area contributed by atoms with E-state index in [0.717, 1.165) is 5.39 Å². The molecule has 0 amide bonds. The summed E-state index contributed by atoms with van der Waals surface area (Å²) in [5, 5.41) is 26.9. The maximum atomic E-state index is 15.3. The summed E-state index contributed by atoms with van der Waals surface area (Å²) in [6.45, 7) is 3.82. The molecular weight excluding hydrogens is 468 g/mol. The number of halogens is 2. The molecule has 1 saturated carbocycles. The van der Waals surface area contributed by atoms with Crippen molar-refractivity contribution in [3.8, 4) is 17.5 Å². The van der Waals surface area contributed by atoms with Gasteiger partial charge in [-0.1, -0.05) is 13.8 Å². The van der Waals surface area contributed by atoms with E-state index in [1.54, 1.807) is 18.3 Å². The van der Waals surface area contributed by atoms with Crippen molar-refractivity contribution in [3.63, 3.8) is 0 Å². The lowest BCUT2D eigenvalue weighted by molar-refractivity contribution is -0.150. The van der Waals surface area contributed by atoms with Crippen molar-refractivity contribution in [3.05, 3.63) is 47.5 Å². The van der Waals surface area contributed by atoms with E-state index in [1.807, 2.05) is 24.5 Å². The summed E-state index contributed by atoms with van der Waals surface area (Å²) in [4.78, 5) is 16.5. The number of alkyl halides is 1. The molecule has 0 aliphatic heterocycles. The quantitative estimate of drug-likeness (QED) is 0.376. The minimum Gasteiger partial charge on any atom is -0.494 e. The number of carboxylic acids is 1. The highest BCUT2D eigenvalue weighted by atomic mass is 19.1. The molecule has 1 aliphatic carbocycles. The molecule has 1 aromatic carbocycles. The van der Waals surface area contributed by atoms with Crippen LogP contribution in [0.4, 0.5) is 8.78 Å². The van der Waals surface area contributed by atoms with Gasteiger partial charge in [-0.25, -0.2) is 18.6 Å². The molecule has 0 unspecified atom stereocenters. The van der Waals surface area contributed by atoms with Crippen molar-refractivity contribution in [2.45, 2.75) is 56.5 Å². The maximum absolute atomic E-state index is 15.3. The summed E-state index contributed by atoms with van der Waals surface area (Å²) in [6, 6.07) is 8.61. The molecule has 1 fully saturated rings. The molecule has 4 aromatic rings. The van der Waals surface area contributed by atoms with E-state index < -0.39 is 28.8 Å². The SMILES string of the molecule is COc1cc(-n2c(C(C)(C)CC#N)c([C@@H]3CC[C@@](F)(C(=O)O)C3)c3nc4[nH]ncc4cc32)ccc1F. The van der Waals surface area contributed by atoms with Gasteiger partial charge in [-0.05, 0) is 43.4 Å². The van der Waals surface area contributed by atoms with Crippen LogP contribution in [0.5, 0.6) is 5.75 Å². The number of fused-ring (bicyclic) bond motifs is 2. The predicted molar refractivity (Wildman–Crippen MR) is 129 cm³/mol. The molecule has 1 aliphatic rings. The van der Waals surface area contributed by atoms with Gasteiger partial charge in [-0.2, -0.15) is 10.4 Å². The van der Waals surface area contributed by atoms with Gasteiger partial charge in [0.05, 0.1) is 30.4 Å². The van der Waals surface area contributed by atoms with Crippen LogP contribution in [0.3, 0.4) is 0 Å². The average Bonchev–Trinajstić information content (AvgIpc) is 3.53. The Balaban J connectivity index is 1.89. The second-order valence-corrected chi connectivity index (χ2v) is 10.0. The third-order valence-electron chi connectivity index (χ3n) is 7.19. The zero-order valence-electron chi connectivity index (χ0n) is 20.1. The number of ether oxygens (including phenoxy) is 1. The molecule has 186 valence electrons. The largest absolute Gasteiger partial charge is 0.494 e. The van der Waals surface area contributed by atoms with E-state index in [9.17, 15) is 19.6 Å². The van der Waals surface area contributed by atoms with Gasteiger partial charge in [0.2, 0.25) is 5.67 Å². The number of pyridine rings is 1. The average molecular weight is 494 g/mol. The summed E-state index contributed by atoms with van der Waals surface area (Å²) in [7, 11) is 1.38. The van der Waals surface area contributed by atoms with E-state index in [4.69, 9.17) is 9.72 Å². The van der Waals surface area contributed by atoms with E-state index in [1.165, 1.54) is 13.2 Å². The standard InChI is InChI=1S/C26H25F2N5O3/c1-25(2,8-9-29)22-20(14-6-7-26(28,12-14)24(34)35)21-18(10-15-13-30-32-23(15)31-21)33(22)16-4-5-17(27)19(11-16)36-3/h4-5,10-11,13-14H,6-8,12H2,1-3H3,(H,34,35)(H,30,31,32)/t14-,26+/m1/s1. The Labute approximate surface area is 205 Å². The Morgan fingerprint density at radius 2 is 2.19 bits per heavy atom. The highest BCUT2D eigenvalue weighted by molar-refractivity contribution is 5.94. The van der Waals surface area contributed by atoms with Crippen LogP contribution >= 0.6 is 0 Å². The van der Waals surface area contributed by atoms with Gasteiger partial charge < -0.3 is 14.4 Å². The fraction of sp³-hybridized carbons (Fsp3) is 0.385. The molecule has 2 N–H and O–H groups in total. The van der Waals surface area contributed by atoms with Gasteiger partial charge in [-0.15, -0.1) is 0 Å². The Hall–Kier alpha value is -4.00. The first-order valence-electron chi connectivity index (χ1n) is 11.6. The summed E-state index contributed by atoms with van der Waals surface area (Å²) >= 11 is 0. The third kappa shape index (κ3) is 3.58. The van der Waals surface area contributed by atoms with Crippen molar-refractivity contribution in [1.82, 2.24) is 19.7 Å². The number of hydrogen-bond acceptors (Lipinski definition) is 5. The van der Waals surface area contributed by atoms with Gasteiger partial charge >= 0.3 is 5.97 Å².